The van der Waals surface area contributed by atoms with Gasteiger partial charge in [0.05, 0.1) is 3.57 Å². The molecule has 2 atom stereocenters. The third-order valence-electron chi connectivity index (χ3n) is 4.01. The van der Waals surface area contributed by atoms with E-state index in [1.807, 2.05) is 52.9 Å². The third-order valence-corrected chi connectivity index (χ3v) is 6.68. The summed E-state index contributed by atoms with van der Waals surface area (Å²) in [7, 11) is -4.01. The van der Waals surface area contributed by atoms with Crippen molar-refractivity contribution in [2.75, 3.05) is 0 Å². The summed E-state index contributed by atoms with van der Waals surface area (Å²) in [6.07, 6.45) is 0. The van der Waals surface area contributed by atoms with E-state index in [0.717, 1.165) is 5.56 Å². The van der Waals surface area contributed by atoms with Crippen LogP contribution >= 0.6 is 41.9 Å². The van der Waals surface area contributed by atoms with Gasteiger partial charge in [-0.2, -0.15) is 5.09 Å². The van der Waals surface area contributed by atoms with Crippen LogP contribution in [0.15, 0.2) is 78.9 Å². The van der Waals surface area contributed by atoms with Gasteiger partial charge in [0.15, 0.2) is 0 Å². The molecule has 6 nitrogen and oxygen atoms in total. The number of benzene rings is 3. The van der Waals surface area contributed by atoms with Crippen molar-refractivity contribution in [3.05, 3.63) is 93.0 Å². The van der Waals surface area contributed by atoms with Crippen LogP contribution in [0.3, 0.4) is 0 Å². The number of para-hydroxylation sites is 1. The maximum atomic E-state index is 13.6. The molecule has 162 valence electrons. The van der Waals surface area contributed by atoms with Gasteiger partial charge in [-0.3, -0.25) is 4.79 Å². The normalized spacial score (nSPS) is 13.6. The predicted molar refractivity (Wildman–Crippen MR) is 128 cm³/mol. The second kappa shape index (κ2) is 11.0. The van der Waals surface area contributed by atoms with E-state index in [0.29, 0.717) is 20.1 Å². The van der Waals surface area contributed by atoms with Crippen molar-refractivity contribution in [1.82, 2.24) is 5.09 Å². The van der Waals surface area contributed by atoms with Gasteiger partial charge in [-0.25, -0.2) is 4.57 Å². The Balaban J connectivity index is 1.75. The maximum absolute atomic E-state index is 13.6. The molecule has 9 heteroatoms. The largest absolute Gasteiger partial charge is 0.513 e. The molecule has 0 saturated heterocycles. The Bertz CT molecular complexity index is 1070. The van der Waals surface area contributed by atoms with E-state index in [4.69, 9.17) is 25.4 Å². The molecule has 1 unspecified atom stereocenters. The molecule has 1 N–H and O–H groups in total. The van der Waals surface area contributed by atoms with Crippen molar-refractivity contribution in [3.63, 3.8) is 0 Å². The molecule has 31 heavy (non-hydrogen) atoms. The zero-order chi connectivity index (χ0) is 22.3. The van der Waals surface area contributed by atoms with Crippen LogP contribution in [-0.2, 0) is 20.7 Å². The minimum atomic E-state index is -4.01. The Hall–Kier alpha value is -2.06. The van der Waals surface area contributed by atoms with Crippen molar-refractivity contribution < 1.29 is 23.1 Å². The van der Waals surface area contributed by atoms with E-state index >= 15 is 0 Å². The van der Waals surface area contributed by atoms with Gasteiger partial charge in [0, 0.05) is 5.02 Å². The van der Waals surface area contributed by atoms with Crippen LogP contribution in [0.25, 0.3) is 0 Å². The second-order valence-corrected chi connectivity index (χ2v) is 9.73. The summed E-state index contributed by atoms with van der Waals surface area (Å²) < 4.78 is 30.9. The van der Waals surface area contributed by atoms with Gasteiger partial charge in [0.1, 0.15) is 24.1 Å². The van der Waals surface area contributed by atoms with Gasteiger partial charge in [0.25, 0.3) is 0 Å². The lowest BCUT2D eigenvalue weighted by atomic mass is 10.2. The molecule has 0 radical (unpaired) electrons. The van der Waals surface area contributed by atoms with Gasteiger partial charge in [-0.1, -0.05) is 60.1 Å². The van der Waals surface area contributed by atoms with Crippen molar-refractivity contribution >= 4 is 47.9 Å². The Morgan fingerprint density at radius 3 is 2.32 bits per heavy atom. The fourth-order valence-corrected chi connectivity index (χ4v) is 5.21. The second-order valence-electron chi connectivity index (χ2n) is 6.51. The first-order chi connectivity index (χ1) is 14.8. The van der Waals surface area contributed by atoms with Gasteiger partial charge in [-0.15, -0.1) is 0 Å². The molecular weight excluding hydrogens is 552 g/mol. The molecule has 0 saturated carbocycles. The minimum absolute atomic E-state index is 0.103. The van der Waals surface area contributed by atoms with Gasteiger partial charge in [-0.05, 0) is 65.4 Å². The summed E-state index contributed by atoms with van der Waals surface area (Å²) in [6.45, 7) is 1.63. The first kappa shape index (κ1) is 23.6. The highest BCUT2D eigenvalue weighted by Crippen LogP contribution is 2.46. The summed E-state index contributed by atoms with van der Waals surface area (Å²) in [5, 5.41) is 3.18. The van der Waals surface area contributed by atoms with Crippen LogP contribution in [0, 0.1) is 3.57 Å². The topological polar surface area (TPSA) is 73.9 Å². The van der Waals surface area contributed by atoms with Crippen molar-refractivity contribution in [3.8, 4) is 11.5 Å². The molecule has 0 bridgehead atoms. The number of nitrogens with one attached hydrogen (secondary N) is 1. The summed E-state index contributed by atoms with van der Waals surface area (Å²) in [5.41, 5.74) is 0.846. The number of carbonyl (C=O) groups is 1. The molecule has 3 rings (SSSR count). The summed E-state index contributed by atoms with van der Waals surface area (Å²) in [5.74, 6) is 0.0453. The first-order valence-corrected chi connectivity index (χ1v) is 12.3. The smallest absolute Gasteiger partial charge is 0.460 e. The van der Waals surface area contributed by atoms with Gasteiger partial charge < -0.3 is 13.8 Å². The number of rotatable bonds is 9. The molecule has 0 spiro atoms. The molecule has 0 heterocycles. The number of hydrogen-bond donors (Lipinski definition) is 1. The fraction of sp³-hybridized carbons (Fsp3) is 0.136. The lowest BCUT2D eigenvalue weighted by Gasteiger charge is -2.23. The van der Waals surface area contributed by atoms with E-state index in [2.05, 4.69) is 5.09 Å². The van der Waals surface area contributed by atoms with Gasteiger partial charge >= 0.3 is 13.7 Å². The summed E-state index contributed by atoms with van der Waals surface area (Å²) >= 11 is 8.01. The molecule has 0 aliphatic carbocycles. The highest BCUT2D eigenvalue weighted by molar-refractivity contribution is 14.1. The molecule has 0 aromatic heterocycles. The number of ether oxygens (including phenoxy) is 1. The van der Waals surface area contributed by atoms with Crippen LogP contribution in [0.5, 0.6) is 11.5 Å². The maximum Gasteiger partial charge on any atom is 0.513 e. The van der Waals surface area contributed by atoms with Crippen LogP contribution < -0.4 is 14.1 Å². The standard InChI is InChI=1S/C22H20ClINO5P/c1-16(22(26)28-15-17-8-4-2-5-9-17)25-31(27,29-19-10-6-3-7-11-19)30-21-13-12-18(23)14-20(21)24/h2-14,16H,15H2,1H3,(H,25,27)/t16-,31?/m0/s1. The quantitative estimate of drug-likeness (QED) is 0.186. The predicted octanol–water partition coefficient (Wildman–Crippen LogP) is 6.23. The molecule has 0 amide bonds. The highest BCUT2D eigenvalue weighted by Gasteiger charge is 2.34. The monoisotopic (exact) mass is 571 g/mol. The number of halogens is 2. The van der Waals surface area contributed by atoms with E-state index in [1.165, 1.54) is 6.92 Å². The lowest BCUT2D eigenvalue weighted by Crippen LogP contribution is -2.35. The minimum Gasteiger partial charge on any atom is -0.460 e. The fourth-order valence-electron chi connectivity index (χ4n) is 2.51. The average molecular weight is 572 g/mol. The Labute approximate surface area is 199 Å². The Kier molecular flexibility index (Phi) is 8.37. The van der Waals surface area contributed by atoms with Gasteiger partial charge in [0.2, 0.25) is 0 Å². The van der Waals surface area contributed by atoms with E-state index in [1.54, 1.807) is 48.5 Å². The molecule has 0 fully saturated rings. The van der Waals surface area contributed by atoms with Crippen LogP contribution in [0.4, 0.5) is 0 Å². The van der Waals surface area contributed by atoms with E-state index in [-0.39, 0.29) is 6.61 Å². The Morgan fingerprint density at radius 2 is 1.68 bits per heavy atom. The van der Waals surface area contributed by atoms with Crippen LogP contribution in [0.2, 0.25) is 5.02 Å². The number of hydrogen-bond acceptors (Lipinski definition) is 5. The number of carbonyl (C=O) groups excluding carboxylic acids is 1. The zero-order valence-electron chi connectivity index (χ0n) is 16.5. The average Bonchev–Trinajstić information content (AvgIpc) is 2.75. The third kappa shape index (κ3) is 7.25. The van der Waals surface area contributed by atoms with E-state index in [9.17, 15) is 9.36 Å². The summed E-state index contributed by atoms with van der Waals surface area (Å²) in [4.78, 5) is 12.5. The number of esters is 1. The van der Waals surface area contributed by atoms with Crippen LogP contribution in [-0.4, -0.2) is 12.0 Å². The lowest BCUT2D eigenvalue weighted by molar-refractivity contribution is -0.146. The zero-order valence-corrected chi connectivity index (χ0v) is 20.3. The molecule has 0 aliphatic heterocycles. The first-order valence-electron chi connectivity index (χ1n) is 9.32. The molecule has 3 aromatic carbocycles. The van der Waals surface area contributed by atoms with Crippen molar-refractivity contribution in [1.29, 1.82) is 0 Å². The Morgan fingerprint density at radius 1 is 1.03 bits per heavy atom. The SMILES string of the molecule is C[C@H](NP(=O)(Oc1ccccc1)Oc1ccc(Cl)cc1I)C(=O)OCc1ccccc1. The van der Waals surface area contributed by atoms with Crippen molar-refractivity contribution in [2.24, 2.45) is 0 Å². The highest BCUT2D eigenvalue weighted by atomic mass is 127. The molecule has 0 aliphatic rings. The molecular formula is C22H20ClINO5P. The summed E-state index contributed by atoms with van der Waals surface area (Å²) in [6, 6.07) is 21.8. The van der Waals surface area contributed by atoms with Crippen LogP contribution in [0.1, 0.15) is 12.5 Å². The molecule has 3 aromatic rings. The van der Waals surface area contributed by atoms with E-state index < -0.39 is 19.8 Å². The van der Waals surface area contributed by atoms with Crippen molar-refractivity contribution in [2.45, 2.75) is 19.6 Å².